The maximum Gasteiger partial charge on any atom is 0.347 e. The average molecular weight is 394 g/mol. The molecule has 0 saturated heterocycles. The zero-order valence-electron chi connectivity index (χ0n) is 13.8. The Morgan fingerprint density at radius 3 is 2.11 bits per heavy atom. The second-order valence-corrected chi connectivity index (χ2v) is 6.26. The number of hydrogen-bond acceptors (Lipinski definition) is 2. The fraction of sp³-hybridized carbons (Fsp3) is 0.158. The number of rotatable bonds is 5. The van der Waals surface area contributed by atoms with Crippen LogP contribution in [0.15, 0.2) is 71.9 Å². The molecule has 2 aromatic rings. The van der Waals surface area contributed by atoms with Crippen LogP contribution in [0.1, 0.15) is 22.0 Å². The number of hydrogen-bond donors (Lipinski definition) is 2. The molecule has 0 saturated carbocycles. The lowest BCUT2D eigenvalue weighted by atomic mass is 9.88. The molecule has 140 valence electrons. The minimum Gasteiger partial charge on any atom is -0.351 e. The number of thiocarbonyl (C=S) groups is 1. The lowest BCUT2D eigenvalue weighted by Gasteiger charge is -2.34. The summed E-state index contributed by atoms with van der Waals surface area (Å²) in [7, 11) is 0. The molecule has 0 amide bonds. The van der Waals surface area contributed by atoms with Gasteiger partial charge in [-0.3, -0.25) is 4.79 Å². The van der Waals surface area contributed by atoms with Crippen molar-refractivity contribution >= 4 is 23.1 Å². The second-order valence-electron chi connectivity index (χ2n) is 5.85. The van der Waals surface area contributed by atoms with Crippen molar-refractivity contribution in [1.82, 2.24) is 10.6 Å². The molecular weight excluding hydrogens is 380 g/mol. The number of halogens is 4. The van der Waals surface area contributed by atoms with Crippen molar-refractivity contribution in [2.24, 2.45) is 0 Å². The first-order valence-electron chi connectivity index (χ1n) is 7.95. The predicted octanol–water partition coefficient (Wildman–Crippen LogP) is 4.24. The van der Waals surface area contributed by atoms with Crippen LogP contribution in [-0.2, 0) is 0 Å². The predicted molar refractivity (Wildman–Crippen MR) is 96.8 cm³/mol. The zero-order chi connectivity index (χ0) is 19.6. The molecule has 1 unspecified atom stereocenters. The van der Waals surface area contributed by atoms with Gasteiger partial charge in [-0.25, -0.2) is 8.78 Å². The molecule has 0 spiro atoms. The summed E-state index contributed by atoms with van der Waals surface area (Å²) in [6, 6.07) is 14.8. The zero-order valence-corrected chi connectivity index (χ0v) is 14.6. The van der Waals surface area contributed by atoms with Crippen LogP contribution in [0.4, 0.5) is 17.6 Å². The lowest BCUT2D eigenvalue weighted by Crippen LogP contribution is -2.51. The van der Waals surface area contributed by atoms with E-state index in [9.17, 15) is 22.4 Å². The highest BCUT2D eigenvalue weighted by molar-refractivity contribution is 7.80. The Morgan fingerprint density at radius 2 is 1.56 bits per heavy atom. The Hall–Kier alpha value is -2.74. The van der Waals surface area contributed by atoms with E-state index in [2.05, 4.69) is 10.6 Å². The fourth-order valence-corrected chi connectivity index (χ4v) is 3.04. The highest BCUT2D eigenvalue weighted by Gasteiger charge is 2.50. The smallest absolute Gasteiger partial charge is 0.347 e. The first kappa shape index (κ1) is 19.0. The van der Waals surface area contributed by atoms with Gasteiger partial charge in [0.25, 0.3) is 0 Å². The fourth-order valence-electron chi connectivity index (χ4n) is 2.82. The number of carbonyl (C=O) groups excluding carboxylic acids is 1. The van der Waals surface area contributed by atoms with Crippen LogP contribution in [0, 0.1) is 0 Å². The van der Waals surface area contributed by atoms with Gasteiger partial charge in [-0.1, -0.05) is 60.7 Å². The van der Waals surface area contributed by atoms with E-state index in [1.807, 2.05) is 0 Å². The van der Waals surface area contributed by atoms with Crippen LogP contribution < -0.4 is 10.6 Å². The highest BCUT2D eigenvalue weighted by Crippen LogP contribution is 2.38. The number of Topliss-reactive ketones (excluding diaryl/α,β-unsaturated/α-hetero) is 1. The van der Waals surface area contributed by atoms with Crippen molar-refractivity contribution in [2.75, 3.05) is 0 Å². The van der Waals surface area contributed by atoms with E-state index < -0.39 is 35.4 Å². The molecule has 1 aliphatic rings. The van der Waals surface area contributed by atoms with Crippen molar-refractivity contribution in [2.45, 2.75) is 18.4 Å². The Balaban J connectivity index is 2.24. The third kappa shape index (κ3) is 3.71. The van der Waals surface area contributed by atoms with Gasteiger partial charge in [-0.15, -0.1) is 0 Å². The minimum absolute atomic E-state index is 0.104. The van der Waals surface area contributed by atoms with Crippen LogP contribution in [0.25, 0.3) is 0 Å². The summed E-state index contributed by atoms with van der Waals surface area (Å²) in [4.78, 5) is 13.0. The molecule has 0 bridgehead atoms. The number of ketones is 1. The Morgan fingerprint density at radius 1 is 1.00 bits per heavy atom. The summed E-state index contributed by atoms with van der Waals surface area (Å²) in [5, 5.41) is 4.57. The Labute approximate surface area is 158 Å². The van der Waals surface area contributed by atoms with Crippen LogP contribution in [0.2, 0.25) is 0 Å². The Bertz CT molecular complexity index is 885. The molecule has 27 heavy (non-hydrogen) atoms. The third-order valence-corrected chi connectivity index (χ3v) is 4.31. The summed E-state index contributed by atoms with van der Waals surface area (Å²) in [5.74, 6) is -5.36. The maximum absolute atomic E-state index is 14.3. The molecule has 0 radical (unpaired) electrons. The standard InChI is InChI=1S/C19H14F4N2OS/c20-17(21)19(22,23)16-13(15(26)12-9-5-2-6-10-12)14(24-18(27)25-16)11-7-3-1-4-8-11/h1-10,14,17H,(H2,24,25,27). The Kier molecular flexibility index (Phi) is 5.27. The summed E-state index contributed by atoms with van der Waals surface area (Å²) < 4.78 is 54.8. The first-order chi connectivity index (χ1) is 12.8. The van der Waals surface area contributed by atoms with E-state index in [0.717, 1.165) is 0 Å². The quantitative estimate of drug-likeness (QED) is 0.452. The van der Waals surface area contributed by atoms with Gasteiger partial charge in [0.2, 0.25) is 0 Å². The molecule has 0 aromatic heterocycles. The third-order valence-electron chi connectivity index (χ3n) is 4.09. The van der Waals surface area contributed by atoms with E-state index in [1.165, 1.54) is 12.1 Å². The summed E-state index contributed by atoms with van der Waals surface area (Å²) in [5.41, 5.74) is -1.12. The lowest BCUT2D eigenvalue weighted by molar-refractivity contribution is -0.103. The molecule has 0 aliphatic carbocycles. The van der Waals surface area contributed by atoms with Gasteiger partial charge in [0.1, 0.15) is 5.70 Å². The van der Waals surface area contributed by atoms with E-state index in [1.54, 1.807) is 48.5 Å². The normalized spacial score (nSPS) is 17.5. The number of alkyl halides is 4. The molecule has 2 aromatic carbocycles. The average Bonchev–Trinajstić information content (AvgIpc) is 2.68. The first-order valence-corrected chi connectivity index (χ1v) is 8.36. The second kappa shape index (κ2) is 7.48. The molecule has 1 heterocycles. The molecule has 3 rings (SSSR count). The van der Waals surface area contributed by atoms with Crippen LogP contribution in [0.5, 0.6) is 0 Å². The van der Waals surface area contributed by atoms with Gasteiger partial charge in [-0.2, -0.15) is 8.78 Å². The highest BCUT2D eigenvalue weighted by atomic mass is 32.1. The van der Waals surface area contributed by atoms with Gasteiger partial charge in [0.15, 0.2) is 10.9 Å². The maximum atomic E-state index is 14.3. The summed E-state index contributed by atoms with van der Waals surface area (Å²) >= 11 is 4.93. The topological polar surface area (TPSA) is 41.1 Å². The van der Waals surface area contributed by atoms with Crippen molar-refractivity contribution in [3.8, 4) is 0 Å². The number of allylic oxidation sites excluding steroid dienone is 1. The summed E-state index contributed by atoms with van der Waals surface area (Å²) in [6.07, 6.45) is -4.00. The van der Waals surface area contributed by atoms with E-state index in [0.29, 0.717) is 5.56 Å². The van der Waals surface area contributed by atoms with Gasteiger partial charge in [-0.05, 0) is 17.8 Å². The van der Waals surface area contributed by atoms with Crippen molar-refractivity contribution in [1.29, 1.82) is 0 Å². The monoisotopic (exact) mass is 394 g/mol. The molecule has 3 nitrogen and oxygen atoms in total. The summed E-state index contributed by atoms with van der Waals surface area (Å²) in [6.45, 7) is 0. The largest absolute Gasteiger partial charge is 0.351 e. The minimum atomic E-state index is -4.57. The van der Waals surface area contributed by atoms with Crippen molar-refractivity contribution in [3.05, 3.63) is 83.1 Å². The molecule has 0 fully saturated rings. The van der Waals surface area contributed by atoms with Crippen LogP contribution in [0.3, 0.4) is 0 Å². The van der Waals surface area contributed by atoms with E-state index >= 15 is 0 Å². The van der Waals surface area contributed by atoms with Crippen LogP contribution in [-0.4, -0.2) is 23.2 Å². The molecule has 8 heteroatoms. The van der Waals surface area contributed by atoms with Gasteiger partial charge in [0, 0.05) is 5.56 Å². The van der Waals surface area contributed by atoms with Gasteiger partial charge in [0.05, 0.1) is 11.6 Å². The molecule has 2 N–H and O–H groups in total. The SMILES string of the molecule is O=C(C1=C(C(F)(F)C(F)F)NC(=S)NC1c1ccccc1)c1ccccc1. The van der Waals surface area contributed by atoms with E-state index in [-0.39, 0.29) is 10.7 Å². The molecule has 1 aliphatic heterocycles. The molecular formula is C19H14F4N2OS. The molecule has 1 atom stereocenters. The number of nitrogens with one attached hydrogen (secondary N) is 2. The van der Waals surface area contributed by atoms with Gasteiger partial charge < -0.3 is 10.6 Å². The number of benzene rings is 2. The van der Waals surface area contributed by atoms with Gasteiger partial charge >= 0.3 is 12.3 Å². The van der Waals surface area contributed by atoms with Crippen LogP contribution >= 0.6 is 12.2 Å². The van der Waals surface area contributed by atoms with E-state index in [4.69, 9.17) is 12.2 Å². The number of carbonyl (C=O) groups is 1. The van der Waals surface area contributed by atoms with Crippen molar-refractivity contribution in [3.63, 3.8) is 0 Å². The van der Waals surface area contributed by atoms with Crippen molar-refractivity contribution < 1.29 is 22.4 Å².